The summed E-state index contributed by atoms with van der Waals surface area (Å²) in [7, 11) is 0. The van der Waals surface area contributed by atoms with Crippen LogP contribution in [0.2, 0.25) is 0 Å². The molecule has 0 aromatic heterocycles. The van der Waals surface area contributed by atoms with Crippen molar-refractivity contribution in [2.45, 2.75) is 13.8 Å². The van der Waals surface area contributed by atoms with Crippen molar-refractivity contribution in [3.05, 3.63) is 120 Å². The molecule has 0 amide bonds. The van der Waals surface area contributed by atoms with Gasteiger partial charge in [-0.15, -0.1) is 0 Å². The van der Waals surface area contributed by atoms with E-state index in [-0.39, 0.29) is 13.2 Å². The number of allylic oxidation sites excluding steroid dienone is 3. The van der Waals surface area contributed by atoms with Crippen LogP contribution in [-0.4, -0.2) is 52.8 Å². The molecule has 0 heterocycles. The number of hydrogen-bond acceptors (Lipinski definition) is 6. The van der Waals surface area contributed by atoms with Gasteiger partial charge in [0.05, 0.1) is 36.0 Å². The van der Waals surface area contributed by atoms with E-state index in [4.69, 9.17) is 9.98 Å². The zero-order chi connectivity index (χ0) is 27.9. The van der Waals surface area contributed by atoms with E-state index >= 15 is 0 Å². The first-order chi connectivity index (χ1) is 19.6. The molecule has 1 aliphatic carbocycles. The fourth-order valence-corrected chi connectivity index (χ4v) is 4.81. The highest BCUT2D eigenvalue weighted by Crippen LogP contribution is 2.37. The SMILES string of the molecule is Cc1ccc(Nc2cc(C)c(/N=C3/C=CC(N(CCO)CCO)=C/C3=N\c3ccccc3)c3ccccc23)cc1. The second kappa shape index (κ2) is 12.6. The monoisotopic (exact) mass is 530 g/mol. The Morgan fingerprint density at radius 1 is 0.725 bits per heavy atom. The molecule has 6 nitrogen and oxygen atoms in total. The molecule has 0 saturated carbocycles. The van der Waals surface area contributed by atoms with Crippen molar-refractivity contribution in [2.75, 3.05) is 31.6 Å². The lowest BCUT2D eigenvalue weighted by atomic mass is 10.0. The van der Waals surface area contributed by atoms with Crippen molar-refractivity contribution in [1.82, 2.24) is 4.90 Å². The summed E-state index contributed by atoms with van der Waals surface area (Å²) in [5.41, 5.74) is 8.39. The lowest BCUT2D eigenvalue weighted by Gasteiger charge is -2.26. The van der Waals surface area contributed by atoms with E-state index in [1.807, 2.05) is 65.6 Å². The van der Waals surface area contributed by atoms with Gasteiger partial charge in [0.2, 0.25) is 0 Å². The van der Waals surface area contributed by atoms with Crippen molar-refractivity contribution in [2.24, 2.45) is 9.98 Å². The van der Waals surface area contributed by atoms with Crippen LogP contribution in [0.3, 0.4) is 0 Å². The molecule has 3 N–H and O–H groups in total. The Labute approximate surface area is 235 Å². The zero-order valence-corrected chi connectivity index (χ0v) is 22.9. The minimum atomic E-state index is -0.00849. The van der Waals surface area contributed by atoms with E-state index < -0.39 is 0 Å². The van der Waals surface area contributed by atoms with Gasteiger partial charge in [0.15, 0.2) is 0 Å². The topological polar surface area (TPSA) is 80.5 Å². The van der Waals surface area contributed by atoms with Crippen LogP contribution in [0.15, 0.2) is 119 Å². The number of nitrogens with zero attached hydrogens (tertiary/aromatic N) is 3. The number of para-hydroxylation sites is 1. The maximum absolute atomic E-state index is 9.57. The van der Waals surface area contributed by atoms with Crippen LogP contribution in [0.25, 0.3) is 10.8 Å². The van der Waals surface area contributed by atoms with Crippen LogP contribution < -0.4 is 5.32 Å². The summed E-state index contributed by atoms with van der Waals surface area (Å²) >= 11 is 0. The summed E-state index contributed by atoms with van der Waals surface area (Å²) in [6.07, 6.45) is 5.91. The third-order valence-electron chi connectivity index (χ3n) is 6.84. The van der Waals surface area contributed by atoms with E-state index in [1.54, 1.807) is 0 Å². The molecule has 40 heavy (non-hydrogen) atoms. The van der Waals surface area contributed by atoms with Gasteiger partial charge in [0.25, 0.3) is 0 Å². The van der Waals surface area contributed by atoms with E-state index in [1.165, 1.54) is 5.56 Å². The first-order valence-corrected chi connectivity index (χ1v) is 13.5. The van der Waals surface area contributed by atoms with Crippen LogP contribution in [0.5, 0.6) is 0 Å². The van der Waals surface area contributed by atoms with Crippen LogP contribution in [0, 0.1) is 13.8 Å². The number of aliphatic hydroxyl groups excluding tert-OH is 2. The van der Waals surface area contributed by atoms with E-state index in [0.717, 1.165) is 56.2 Å². The van der Waals surface area contributed by atoms with Gasteiger partial charge in [-0.05, 0) is 68.0 Å². The third kappa shape index (κ3) is 6.20. The van der Waals surface area contributed by atoms with Crippen LogP contribution in [0.1, 0.15) is 11.1 Å². The lowest BCUT2D eigenvalue weighted by molar-refractivity contribution is 0.192. The van der Waals surface area contributed by atoms with Crippen molar-refractivity contribution in [1.29, 1.82) is 0 Å². The molecule has 0 fully saturated rings. The van der Waals surface area contributed by atoms with Crippen LogP contribution in [0.4, 0.5) is 22.7 Å². The van der Waals surface area contributed by atoms with Gasteiger partial charge in [-0.1, -0.05) is 60.2 Å². The Bertz CT molecular complexity index is 1600. The molecule has 4 aromatic carbocycles. The molecule has 0 unspecified atom stereocenters. The second-order valence-corrected chi connectivity index (χ2v) is 9.79. The van der Waals surface area contributed by atoms with Crippen molar-refractivity contribution in [3.8, 4) is 0 Å². The van der Waals surface area contributed by atoms with Gasteiger partial charge >= 0.3 is 0 Å². The first-order valence-electron chi connectivity index (χ1n) is 13.5. The fourth-order valence-electron chi connectivity index (χ4n) is 4.81. The molecular formula is C34H34N4O2. The summed E-state index contributed by atoms with van der Waals surface area (Å²) in [5, 5.41) is 24.9. The van der Waals surface area contributed by atoms with Crippen molar-refractivity contribution >= 4 is 44.9 Å². The van der Waals surface area contributed by atoms with Crippen LogP contribution in [-0.2, 0) is 0 Å². The number of aryl methyl sites for hydroxylation is 2. The highest BCUT2D eigenvalue weighted by Gasteiger charge is 2.17. The number of benzene rings is 4. The molecule has 6 heteroatoms. The maximum atomic E-state index is 9.57. The summed E-state index contributed by atoms with van der Waals surface area (Å²) < 4.78 is 0. The highest BCUT2D eigenvalue weighted by molar-refractivity contribution is 6.52. The molecule has 1 aliphatic rings. The Balaban J connectivity index is 1.60. The molecule has 0 atom stereocenters. The largest absolute Gasteiger partial charge is 0.395 e. The van der Waals surface area contributed by atoms with Gasteiger partial charge in [0.1, 0.15) is 0 Å². The predicted molar refractivity (Wildman–Crippen MR) is 167 cm³/mol. The zero-order valence-electron chi connectivity index (χ0n) is 22.9. The molecule has 0 aliphatic heterocycles. The van der Waals surface area contributed by atoms with Gasteiger partial charge in [-0.25, -0.2) is 9.98 Å². The number of rotatable bonds is 9. The average Bonchev–Trinajstić information content (AvgIpc) is 2.97. The molecule has 0 radical (unpaired) electrons. The number of anilines is 2. The standard InChI is InChI=1S/C34H34N4O2/c1-24-12-14-27(15-13-24)35-32-22-25(2)34(30-11-7-6-10-29(30)32)37-31-17-16-28(38(18-20-39)19-21-40)23-33(31)36-26-8-4-3-5-9-26/h3-17,22-23,35,39-40H,18-21H2,1-2H3/b36-33+,37-31-. The maximum Gasteiger partial charge on any atom is 0.0914 e. The Hall–Kier alpha value is -4.52. The summed E-state index contributed by atoms with van der Waals surface area (Å²) in [6.45, 7) is 4.98. The van der Waals surface area contributed by atoms with Crippen LogP contribution >= 0.6 is 0 Å². The summed E-state index contributed by atoms with van der Waals surface area (Å²) in [5.74, 6) is 0. The number of nitrogens with one attached hydrogen (secondary N) is 1. The van der Waals surface area contributed by atoms with E-state index in [9.17, 15) is 10.2 Å². The summed E-state index contributed by atoms with van der Waals surface area (Å²) in [6, 6.07) is 28.6. The summed E-state index contributed by atoms with van der Waals surface area (Å²) in [4.78, 5) is 12.1. The average molecular weight is 531 g/mol. The number of fused-ring (bicyclic) bond motifs is 1. The Morgan fingerprint density at radius 2 is 1.40 bits per heavy atom. The number of hydrogen-bond donors (Lipinski definition) is 3. The van der Waals surface area contributed by atoms with E-state index in [0.29, 0.717) is 13.1 Å². The molecule has 5 rings (SSSR count). The van der Waals surface area contributed by atoms with Gasteiger partial charge in [-0.3, -0.25) is 0 Å². The van der Waals surface area contributed by atoms with Crippen molar-refractivity contribution in [3.63, 3.8) is 0 Å². The van der Waals surface area contributed by atoms with E-state index in [2.05, 4.69) is 61.6 Å². The quantitative estimate of drug-likeness (QED) is 0.208. The van der Waals surface area contributed by atoms with Gasteiger partial charge in [0, 0.05) is 40.9 Å². The molecule has 0 saturated heterocycles. The lowest BCUT2D eigenvalue weighted by Crippen LogP contribution is -2.31. The fraction of sp³-hybridized carbons (Fsp3) is 0.176. The second-order valence-electron chi connectivity index (χ2n) is 9.79. The number of aliphatic hydroxyl groups is 2. The minimum absolute atomic E-state index is 0.00849. The molecular weight excluding hydrogens is 496 g/mol. The highest BCUT2D eigenvalue weighted by atomic mass is 16.3. The smallest absolute Gasteiger partial charge is 0.0914 e. The third-order valence-corrected chi connectivity index (χ3v) is 6.84. The first kappa shape index (κ1) is 27.1. The van der Waals surface area contributed by atoms with Crippen molar-refractivity contribution < 1.29 is 10.2 Å². The molecule has 0 bridgehead atoms. The molecule has 4 aromatic rings. The molecule has 0 spiro atoms. The Morgan fingerprint density at radius 3 is 2.10 bits per heavy atom. The predicted octanol–water partition coefficient (Wildman–Crippen LogP) is 6.79. The van der Waals surface area contributed by atoms with Gasteiger partial charge < -0.3 is 20.4 Å². The normalized spacial score (nSPS) is 15.1. The Kier molecular flexibility index (Phi) is 8.50. The van der Waals surface area contributed by atoms with Gasteiger partial charge in [-0.2, -0.15) is 0 Å². The number of aliphatic imine (C=N–C) groups is 2. The molecule has 202 valence electrons. The minimum Gasteiger partial charge on any atom is -0.395 e.